The van der Waals surface area contributed by atoms with Crippen LogP contribution >= 0.6 is 11.8 Å². The summed E-state index contributed by atoms with van der Waals surface area (Å²) in [5.41, 5.74) is 3.11. The number of rotatable bonds is 9. The number of fused-ring (bicyclic) bond motifs is 1. The molecule has 2 aromatic rings. The van der Waals surface area contributed by atoms with Gasteiger partial charge in [0.1, 0.15) is 0 Å². The van der Waals surface area contributed by atoms with E-state index in [1.165, 1.54) is 24.5 Å². The smallest absolute Gasteiger partial charge is 0.164 e. The molecule has 2 heterocycles. The van der Waals surface area contributed by atoms with Crippen molar-refractivity contribution in [2.45, 2.75) is 50.5 Å². The SMILES string of the molecule is CN(C1=Nc2ccccc2CS1)C1CCN(CCCCCOCc2ccc(F)c(F)c2)CC1. The minimum absolute atomic E-state index is 0.327. The van der Waals surface area contributed by atoms with Gasteiger partial charge in [-0.1, -0.05) is 36.0 Å². The van der Waals surface area contributed by atoms with Gasteiger partial charge in [0.25, 0.3) is 0 Å². The van der Waals surface area contributed by atoms with E-state index in [0.29, 0.717) is 24.8 Å². The minimum atomic E-state index is -0.818. The molecule has 4 nitrogen and oxygen atoms in total. The van der Waals surface area contributed by atoms with Crippen LogP contribution in [0.25, 0.3) is 0 Å². The van der Waals surface area contributed by atoms with Gasteiger partial charge < -0.3 is 14.5 Å². The summed E-state index contributed by atoms with van der Waals surface area (Å²) in [5.74, 6) is -0.633. The molecule has 0 radical (unpaired) electrons. The second kappa shape index (κ2) is 12.0. The van der Waals surface area contributed by atoms with E-state index in [0.717, 1.165) is 61.6 Å². The molecule has 0 atom stereocenters. The average molecular weight is 474 g/mol. The number of unbranched alkanes of at least 4 members (excludes halogenated alkanes) is 2. The first-order valence-corrected chi connectivity index (χ1v) is 12.8. The molecular formula is C26H33F2N3OS. The third kappa shape index (κ3) is 6.78. The number of ether oxygens (including phenoxy) is 1. The van der Waals surface area contributed by atoms with Gasteiger partial charge in [0, 0.05) is 38.5 Å². The molecule has 0 aliphatic carbocycles. The Kier molecular flexibility index (Phi) is 8.75. The molecule has 1 saturated heterocycles. The van der Waals surface area contributed by atoms with Gasteiger partial charge in [0.2, 0.25) is 0 Å². The number of thioether (sulfide) groups is 1. The van der Waals surface area contributed by atoms with Gasteiger partial charge in [-0.2, -0.15) is 0 Å². The maximum Gasteiger partial charge on any atom is 0.164 e. The van der Waals surface area contributed by atoms with E-state index in [2.05, 4.69) is 41.1 Å². The van der Waals surface area contributed by atoms with Gasteiger partial charge in [-0.25, -0.2) is 13.8 Å². The average Bonchev–Trinajstić information content (AvgIpc) is 2.85. The molecule has 2 aliphatic heterocycles. The number of piperidine rings is 1. The first-order valence-electron chi connectivity index (χ1n) is 11.9. The monoisotopic (exact) mass is 473 g/mol. The normalized spacial score (nSPS) is 17.0. The summed E-state index contributed by atoms with van der Waals surface area (Å²) in [4.78, 5) is 9.86. The number of aliphatic imine (C=N–C) groups is 1. The van der Waals surface area contributed by atoms with E-state index in [9.17, 15) is 8.78 Å². The summed E-state index contributed by atoms with van der Waals surface area (Å²) in [6, 6.07) is 12.9. The first-order chi connectivity index (χ1) is 16.1. The maximum atomic E-state index is 13.2. The van der Waals surface area contributed by atoms with Crippen molar-refractivity contribution in [1.82, 2.24) is 9.80 Å². The zero-order valence-corrected chi connectivity index (χ0v) is 20.1. The summed E-state index contributed by atoms with van der Waals surface area (Å²) < 4.78 is 31.8. The van der Waals surface area contributed by atoms with Crippen LogP contribution in [0.3, 0.4) is 0 Å². The maximum absolute atomic E-state index is 13.2. The van der Waals surface area contributed by atoms with Crippen LogP contribution in [0.15, 0.2) is 47.5 Å². The van der Waals surface area contributed by atoms with Crippen molar-refractivity contribution in [3.8, 4) is 0 Å². The predicted molar refractivity (Wildman–Crippen MR) is 132 cm³/mol. The standard InChI is InChI=1S/C26H33F2N3OS/c1-30(26-29-25-8-4-3-7-21(25)19-33-26)22-11-14-31(15-12-22)13-5-2-6-16-32-18-20-9-10-23(27)24(28)17-20/h3-4,7-10,17,22H,2,5-6,11-16,18-19H2,1H3. The minimum Gasteiger partial charge on any atom is -0.377 e. The van der Waals surface area contributed by atoms with Crippen molar-refractivity contribution >= 4 is 22.6 Å². The number of hydrogen-bond acceptors (Lipinski definition) is 5. The molecule has 33 heavy (non-hydrogen) atoms. The van der Waals surface area contributed by atoms with Crippen LogP contribution in [0.4, 0.5) is 14.5 Å². The summed E-state index contributed by atoms with van der Waals surface area (Å²) >= 11 is 1.85. The van der Waals surface area contributed by atoms with Gasteiger partial charge in [-0.15, -0.1) is 0 Å². The lowest BCUT2D eigenvalue weighted by Gasteiger charge is -2.38. The Morgan fingerprint density at radius 3 is 2.70 bits per heavy atom. The molecule has 7 heteroatoms. The topological polar surface area (TPSA) is 28.1 Å². The quantitative estimate of drug-likeness (QED) is 0.419. The van der Waals surface area contributed by atoms with Crippen molar-refractivity contribution < 1.29 is 13.5 Å². The number of nitrogens with zero attached hydrogens (tertiary/aromatic N) is 3. The fourth-order valence-corrected chi connectivity index (χ4v) is 5.47. The lowest BCUT2D eigenvalue weighted by Crippen LogP contribution is -2.45. The molecule has 2 aromatic carbocycles. The Morgan fingerprint density at radius 2 is 1.88 bits per heavy atom. The van der Waals surface area contributed by atoms with Crippen LogP contribution in [-0.4, -0.2) is 54.3 Å². The van der Waals surface area contributed by atoms with Gasteiger partial charge in [-0.05, 0) is 68.0 Å². The van der Waals surface area contributed by atoms with Crippen molar-refractivity contribution in [2.75, 3.05) is 33.3 Å². The highest BCUT2D eigenvalue weighted by Gasteiger charge is 2.26. The van der Waals surface area contributed by atoms with Crippen LogP contribution in [-0.2, 0) is 17.1 Å². The largest absolute Gasteiger partial charge is 0.377 e. The third-order valence-corrected chi connectivity index (χ3v) is 7.58. The van der Waals surface area contributed by atoms with E-state index in [1.54, 1.807) is 6.07 Å². The second-order valence-electron chi connectivity index (χ2n) is 8.86. The van der Waals surface area contributed by atoms with E-state index < -0.39 is 11.6 Å². The van der Waals surface area contributed by atoms with Gasteiger partial charge in [0.15, 0.2) is 16.8 Å². The fourth-order valence-electron chi connectivity index (χ4n) is 4.42. The van der Waals surface area contributed by atoms with E-state index in [1.807, 2.05) is 11.8 Å². The fraction of sp³-hybridized carbons (Fsp3) is 0.500. The summed E-state index contributed by atoms with van der Waals surface area (Å²) in [6.45, 7) is 4.37. The molecular weight excluding hydrogens is 440 g/mol. The van der Waals surface area contributed by atoms with Gasteiger partial charge >= 0.3 is 0 Å². The zero-order valence-electron chi connectivity index (χ0n) is 19.3. The van der Waals surface area contributed by atoms with Crippen LogP contribution in [0.2, 0.25) is 0 Å². The highest BCUT2D eigenvalue weighted by molar-refractivity contribution is 8.13. The Hall–Kier alpha value is -1.96. The summed E-state index contributed by atoms with van der Waals surface area (Å²) in [5, 5.41) is 1.15. The highest BCUT2D eigenvalue weighted by Crippen LogP contribution is 2.32. The second-order valence-corrected chi connectivity index (χ2v) is 9.80. The van der Waals surface area contributed by atoms with Crippen molar-refractivity contribution in [3.63, 3.8) is 0 Å². The Balaban J connectivity index is 1.09. The Labute approximate surface area is 200 Å². The number of hydrogen-bond donors (Lipinski definition) is 0. The van der Waals surface area contributed by atoms with Gasteiger partial charge in [0.05, 0.1) is 12.3 Å². The van der Waals surface area contributed by atoms with Gasteiger partial charge in [-0.3, -0.25) is 0 Å². The molecule has 0 saturated carbocycles. The predicted octanol–water partition coefficient (Wildman–Crippen LogP) is 5.98. The molecule has 1 fully saturated rings. The number of para-hydroxylation sites is 1. The number of benzene rings is 2. The van der Waals surface area contributed by atoms with Crippen molar-refractivity contribution in [3.05, 3.63) is 65.2 Å². The molecule has 2 aliphatic rings. The highest BCUT2D eigenvalue weighted by atomic mass is 32.2. The van der Waals surface area contributed by atoms with Crippen molar-refractivity contribution in [1.29, 1.82) is 0 Å². The lowest BCUT2D eigenvalue weighted by atomic mass is 10.0. The molecule has 178 valence electrons. The van der Waals surface area contributed by atoms with Crippen LogP contribution in [0.5, 0.6) is 0 Å². The van der Waals surface area contributed by atoms with Crippen LogP contribution < -0.4 is 0 Å². The van der Waals surface area contributed by atoms with E-state index >= 15 is 0 Å². The number of amidine groups is 1. The molecule has 0 N–H and O–H groups in total. The molecule has 0 bridgehead atoms. The molecule has 0 aromatic heterocycles. The van der Waals surface area contributed by atoms with Crippen LogP contribution in [0, 0.1) is 11.6 Å². The summed E-state index contributed by atoms with van der Waals surface area (Å²) in [6.07, 6.45) is 5.62. The Morgan fingerprint density at radius 1 is 1.06 bits per heavy atom. The zero-order chi connectivity index (χ0) is 23.0. The molecule has 0 spiro atoms. The lowest BCUT2D eigenvalue weighted by molar-refractivity contribution is 0.114. The molecule has 0 amide bonds. The summed E-state index contributed by atoms with van der Waals surface area (Å²) in [7, 11) is 2.19. The van der Waals surface area contributed by atoms with Crippen LogP contribution in [0.1, 0.15) is 43.2 Å². The number of halogens is 2. The Bertz CT molecular complexity index is 947. The first kappa shape index (κ1) is 24.2. The van der Waals surface area contributed by atoms with E-state index in [4.69, 9.17) is 9.73 Å². The number of likely N-dealkylation sites (tertiary alicyclic amines) is 1. The van der Waals surface area contributed by atoms with Crippen molar-refractivity contribution in [2.24, 2.45) is 4.99 Å². The van der Waals surface area contributed by atoms with E-state index in [-0.39, 0.29) is 0 Å². The molecule has 4 rings (SSSR count). The molecule has 0 unspecified atom stereocenters. The third-order valence-electron chi connectivity index (χ3n) is 6.49.